The van der Waals surface area contributed by atoms with Crippen LogP contribution < -0.4 is 0 Å². The topological polar surface area (TPSA) is 40.5 Å². The van der Waals surface area contributed by atoms with E-state index in [0.29, 0.717) is 6.42 Å². The molecule has 1 fully saturated rings. The predicted octanol–water partition coefficient (Wildman–Crippen LogP) is 5.05. The molecule has 2 atom stereocenters. The van der Waals surface area contributed by atoms with E-state index in [1.54, 1.807) is 0 Å². The van der Waals surface area contributed by atoms with Gasteiger partial charge in [-0.1, -0.05) is 62.3 Å². The molecule has 1 saturated heterocycles. The van der Waals surface area contributed by atoms with Gasteiger partial charge in [0.05, 0.1) is 0 Å². The molecule has 0 amide bonds. The molecular formula is C20H39NO2. The van der Waals surface area contributed by atoms with Gasteiger partial charge in [-0.15, -0.1) is 0 Å². The second kappa shape index (κ2) is 6.38. The molecule has 1 rings (SSSR count). The molecule has 0 radical (unpaired) electrons. The fourth-order valence-corrected chi connectivity index (χ4v) is 4.26. The van der Waals surface area contributed by atoms with Gasteiger partial charge in [0.1, 0.15) is 5.54 Å². The number of carboxylic acids is 1. The number of hydrogen-bond acceptors (Lipinski definition) is 2. The Bertz CT molecular complexity index is 396. The second-order valence-corrected chi connectivity index (χ2v) is 11.2. The first kappa shape index (κ1) is 20.5. The highest BCUT2D eigenvalue weighted by atomic mass is 16.4. The molecule has 23 heavy (non-hydrogen) atoms. The van der Waals surface area contributed by atoms with Gasteiger partial charge in [-0.3, -0.25) is 9.69 Å². The van der Waals surface area contributed by atoms with Crippen LogP contribution in [0.3, 0.4) is 0 Å². The standard InChI is InChI=1S/C20H39NO2/c1-17(2,3)12-15-10-11-21(14-19(7,8)9)20(15,16(22)23)13-18(4,5)6/h15H,10-14H2,1-9H3,(H,22,23). The Labute approximate surface area is 143 Å². The van der Waals surface area contributed by atoms with E-state index in [1.165, 1.54) is 0 Å². The highest BCUT2D eigenvalue weighted by Crippen LogP contribution is 2.48. The molecule has 0 aromatic heterocycles. The van der Waals surface area contributed by atoms with E-state index in [2.05, 4.69) is 67.2 Å². The van der Waals surface area contributed by atoms with Crippen LogP contribution in [0.4, 0.5) is 0 Å². The summed E-state index contributed by atoms with van der Waals surface area (Å²) < 4.78 is 0. The summed E-state index contributed by atoms with van der Waals surface area (Å²) >= 11 is 0. The molecule has 1 aliphatic rings. The van der Waals surface area contributed by atoms with Crippen LogP contribution >= 0.6 is 0 Å². The van der Waals surface area contributed by atoms with E-state index < -0.39 is 11.5 Å². The lowest BCUT2D eigenvalue weighted by Gasteiger charge is -2.46. The lowest BCUT2D eigenvalue weighted by Crippen LogP contribution is -2.58. The first-order valence-electron chi connectivity index (χ1n) is 9.05. The number of aliphatic carboxylic acids is 1. The summed E-state index contributed by atoms with van der Waals surface area (Å²) in [5.74, 6) is -0.398. The van der Waals surface area contributed by atoms with Crippen molar-refractivity contribution in [3.05, 3.63) is 0 Å². The molecule has 1 heterocycles. The fourth-order valence-electron chi connectivity index (χ4n) is 4.26. The van der Waals surface area contributed by atoms with Gasteiger partial charge in [-0.25, -0.2) is 0 Å². The van der Waals surface area contributed by atoms with E-state index in [1.807, 2.05) is 0 Å². The fraction of sp³-hybridized carbons (Fsp3) is 0.950. The Balaban J connectivity index is 3.29. The maximum atomic E-state index is 12.6. The number of nitrogens with zero attached hydrogens (tertiary/aromatic N) is 1. The largest absolute Gasteiger partial charge is 0.480 e. The van der Waals surface area contributed by atoms with Gasteiger partial charge in [-0.2, -0.15) is 0 Å². The highest BCUT2D eigenvalue weighted by Gasteiger charge is 2.56. The maximum absolute atomic E-state index is 12.6. The molecular weight excluding hydrogens is 286 g/mol. The van der Waals surface area contributed by atoms with E-state index in [9.17, 15) is 9.90 Å². The van der Waals surface area contributed by atoms with Gasteiger partial charge >= 0.3 is 5.97 Å². The zero-order valence-corrected chi connectivity index (χ0v) is 16.9. The third-order valence-corrected chi connectivity index (χ3v) is 4.68. The number of carbonyl (C=O) groups is 1. The van der Waals surface area contributed by atoms with Crippen molar-refractivity contribution >= 4 is 5.97 Å². The van der Waals surface area contributed by atoms with Crippen LogP contribution in [-0.2, 0) is 4.79 Å². The molecule has 2 unspecified atom stereocenters. The van der Waals surface area contributed by atoms with Gasteiger partial charge < -0.3 is 5.11 Å². The van der Waals surface area contributed by atoms with Gasteiger partial charge in [0, 0.05) is 6.54 Å². The van der Waals surface area contributed by atoms with E-state index in [4.69, 9.17) is 0 Å². The van der Waals surface area contributed by atoms with Crippen LogP contribution in [0.1, 0.15) is 81.6 Å². The Hall–Kier alpha value is -0.570. The molecule has 0 aliphatic carbocycles. The van der Waals surface area contributed by atoms with Crippen molar-refractivity contribution in [3.63, 3.8) is 0 Å². The predicted molar refractivity (Wildman–Crippen MR) is 97.6 cm³/mol. The Morgan fingerprint density at radius 2 is 1.52 bits per heavy atom. The first-order valence-corrected chi connectivity index (χ1v) is 9.05. The van der Waals surface area contributed by atoms with Crippen molar-refractivity contribution in [1.82, 2.24) is 4.90 Å². The van der Waals surface area contributed by atoms with Crippen LogP contribution in [0.5, 0.6) is 0 Å². The second-order valence-electron chi connectivity index (χ2n) is 11.2. The van der Waals surface area contributed by atoms with Crippen molar-refractivity contribution in [3.8, 4) is 0 Å². The van der Waals surface area contributed by atoms with Crippen molar-refractivity contribution < 1.29 is 9.90 Å². The Kier molecular flexibility index (Phi) is 5.68. The lowest BCUT2D eigenvalue weighted by atomic mass is 9.68. The molecule has 136 valence electrons. The number of carboxylic acid groups (broad SMARTS) is 1. The molecule has 3 heteroatoms. The summed E-state index contributed by atoms with van der Waals surface area (Å²) in [5, 5.41) is 10.3. The minimum Gasteiger partial charge on any atom is -0.480 e. The van der Waals surface area contributed by atoms with Crippen LogP contribution in [0.2, 0.25) is 0 Å². The number of rotatable bonds is 4. The zero-order chi connectivity index (χ0) is 18.3. The zero-order valence-electron chi connectivity index (χ0n) is 16.9. The monoisotopic (exact) mass is 325 g/mol. The maximum Gasteiger partial charge on any atom is 0.324 e. The smallest absolute Gasteiger partial charge is 0.324 e. The molecule has 0 aromatic rings. The van der Waals surface area contributed by atoms with E-state index >= 15 is 0 Å². The third-order valence-electron chi connectivity index (χ3n) is 4.68. The summed E-state index contributed by atoms with van der Waals surface area (Å²) in [6.45, 7) is 21.5. The van der Waals surface area contributed by atoms with Crippen molar-refractivity contribution in [2.75, 3.05) is 13.1 Å². The normalized spacial score (nSPS) is 27.4. The number of likely N-dealkylation sites (tertiary alicyclic amines) is 1. The minimum atomic E-state index is -0.723. The van der Waals surface area contributed by atoms with E-state index in [0.717, 1.165) is 25.9 Å². The molecule has 1 aliphatic heterocycles. The molecule has 3 nitrogen and oxygen atoms in total. The molecule has 0 spiro atoms. The summed E-state index contributed by atoms with van der Waals surface area (Å²) in [7, 11) is 0. The molecule has 1 N–H and O–H groups in total. The van der Waals surface area contributed by atoms with Crippen molar-refractivity contribution in [2.45, 2.75) is 87.1 Å². The molecule has 0 saturated carbocycles. The summed E-state index contributed by atoms with van der Waals surface area (Å²) in [6, 6.07) is 0. The van der Waals surface area contributed by atoms with Gasteiger partial charge in [0.2, 0.25) is 0 Å². The van der Waals surface area contributed by atoms with Gasteiger partial charge in [0.15, 0.2) is 0 Å². The minimum absolute atomic E-state index is 0.00496. The quantitative estimate of drug-likeness (QED) is 0.786. The first-order chi connectivity index (χ1) is 10.1. The Morgan fingerprint density at radius 1 is 1.00 bits per heavy atom. The highest BCUT2D eigenvalue weighted by molar-refractivity contribution is 5.80. The van der Waals surface area contributed by atoms with Gasteiger partial charge in [-0.05, 0) is 48.0 Å². The van der Waals surface area contributed by atoms with E-state index in [-0.39, 0.29) is 22.2 Å². The van der Waals surface area contributed by atoms with Crippen LogP contribution in [0.15, 0.2) is 0 Å². The van der Waals surface area contributed by atoms with Gasteiger partial charge in [0.25, 0.3) is 0 Å². The lowest BCUT2D eigenvalue weighted by molar-refractivity contribution is -0.156. The average molecular weight is 326 g/mol. The Morgan fingerprint density at radius 3 is 1.87 bits per heavy atom. The van der Waals surface area contributed by atoms with Crippen LogP contribution in [0, 0.1) is 22.2 Å². The summed E-state index contributed by atoms with van der Waals surface area (Å²) in [5.41, 5.74) is -0.468. The molecule has 0 aromatic carbocycles. The average Bonchev–Trinajstić information content (AvgIpc) is 2.52. The van der Waals surface area contributed by atoms with Crippen LogP contribution in [-0.4, -0.2) is 34.6 Å². The number of hydrogen-bond donors (Lipinski definition) is 1. The van der Waals surface area contributed by atoms with Crippen LogP contribution in [0.25, 0.3) is 0 Å². The summed E-state index contributed by atoms with van der Waals surface area (Å²) in [6.07, 6.45) is 2.68. The summed E-state index contributed by atoms with van der Waals surface area (Å²) in [4.78, 5) is 14.8. The van der Waals surface area contributed by atoms with Crippen molar-refractivity contribution in [1.29, 1.82) is 0 Å². The molecule has 0 bridgehead atoms. The SMILES string of the molecule is CC(C)(C)CC1CCN(CC(C)(C)C)C1(CC(C)(C)C)C(=O)O. The third kappa shape index (κ3) is 5.48. The van der Waals surface area contributed by atoms with Crippen molar-refractivity contribution in [2.24, 2.45) is 22.2 Å².